The van der Waals surface area contributed by atoms with Crippen molar-refractivity contribution in [1.82, 2.24) is 19.3 Å². The van der Waals surface area contributed by atoms with E-state index in [4.69, 9.17) is 11.6 Å². The van der Waals surface area contributed by atoms with Crippen LogP contribution in [-0.2, 0) is 10.0 Å². The topological polar surface area (TPSA) is 82.2 Å². The highest BCUT2D eigenvalue weighted by molar-refractivity contribution is 7.89. The van der Waals surface area contributed by atoms with Crippen molar-refractivity contribution in [2.45, 2.75) is 11.9 Å². The zero-order valence-corrected chi connectivity index (χ0v) is 19.1. The van der Waals surface area contributed by atoms with Gasteiger partial charge in [0.1, 0.15) is 5.03 Å². The van der Waals surface area contributed by atoms with Crippen molar-refractivity contribution < 1.29 is 8.42 Å². The number of pyridine rings is 1. The Labute approximate surface area is 189 Å². The zero-order valence-electron chi connectivity index (χ0n) is 16.7. The van der Waals surface area contributed by atoms with Crippen LogP contribution in [0.15, 0.2) is 53.8 Å². The number of nitrogens with zero attached hydrogens (tertiary/aromatic N) is 4. The molecule has 0 radical (unpaired) electrons. The molecule has 5 rings (SSSR count). The molecule has 4 heterocycles. The number of piperazine rings is 1. The lowest BCUT2D eigenvalue weighted by atomic mass is 10.2. The highest BCUT2D eigenvalue weighted by atomic mass is 35.5. The van der Waals surface area contributed by atoms with Crippen LogP contribution in [0.25, 0.3) is 21.3 Å². The van der Waals surface area contributed by atoms with Crippen LogP contribution < -0.4 is 4.90 Å². The fourth-order valence-electron chi connectivity index (χ4n) is 3.72. The zero-order chi connectivity index (χ0) is 21.6. The number of benzene rings is 1. The highest BCUT2D eigenvalue weighted by Gasteiger charge is 2.30. The highest BCUT2D eigenvalue weighted by Crippen LogP contribution is 2.32. The number of H-pyrrole nitrogens is 1. The van der Waals surface area contributed by atoms with Crippen LogP contribution in [0, 0.1) is 6.92 Å². The molecule has 0 unspecified atom stereocenters. The van der Waals surface area contributed by atoms with Gasteiger partial charge in [0.15, 0.2) is 5.13 Å². The number of aromatic amines is 1. The average molecular weight is 474 g/mol. The van der Waals surface area contributed by atoms with Crippen molar-refractivity contribution in [2.75, 3.05) is 31.1 Å². The van der Waals surface area contributed by atoms with E-state index in [1.54, 1.807) is 41.8 Å². The predicted molar refractivity (Wildman–Crippen MR) is 124 cm³/mol. The van der Waals surface area contributed by atoms with Crippen LogP contribution in [0.4, 0.5) is 5.13 Å². The largest absolute Gasteiger partial charge is 0.345 e. The number of anilines is 1. The third-order valence-electron chi connectivity index (χ3n) is 5.36. The lowest BCUT2D eigenvalue weighted by Gasteiger charge is -2.33. The van der Waals surface area contributed by atoms with Crippen molar-refractivity contribution in [3.63, 3.8) is 0 Å². The maximum Gasteiger partial charge on any atom is 0.258 e. The van der Waals surface area contributed by atoms with E-state index in [9.17, 15) is 8.42 Å². The van der Waals surface area contributed by atoms with Crippen LogP contribution >= 0.6 is 22.9 Å². The Kier molecular flexibility index (Phi) is 5.21. The fraction of sp³-hybridized carbons (Fsp3) is 0.238. The summed E-state index contributed by atoms with van der Waals surface area (Å²) >= 11 is 7.64. The molecule has 1 saturated heterocycles. The van der Waals surface area contributed by atoms with Crippen LogP contribution in [0.3, 0.4) is 0 Å². The molecule has 0 spiro atoms. The number of nitrogens with one attached hydrogen (secondary N) is 1. The third-order valence-corrected chi connectivity index (χ3v) is 8.52. The molecule has 1 fully saturated rings. The average Bonchev–Trinajstić information content (AvgIpc) is 3.41. The van der Waals surface area contributed by atoms with Crippen LogP contribution in [0.1, 0.15) is 5.69 Å². The Hall–Kier alpha value is -2.46. The molecule has 4 aromatic rings. The number of hydrogen-bond acceptors (Lipinski definition) is 6. The summed E-state index contributed by atoms with van der Waals surface area (Å²) in [5, 5.41) is 2.46. The summed E-state index contributed by atoms with van der Waals surface area (Å²) in [4.78, 5) is 15.0. The molecule has 0 atom stereocenters. The third kappa shape index (κ3) is 3.94. The molecule has 160 valence electrons. The van der Waals surface area contributed by atoms with E-state index in [0.717, 1.165) is 32.2 Å². The molecule has 7 nitrogen and oxygen atoms in total. The standard InChI is InChI=1S/C21H20ClN5O2S2/c1-14-10-15(4-5-23-14)19-13-24-21(30-19)26-6-8-27(9-7-26)31(28,29)20-12-16-11-17(22)2-3-18(16)25-20/h2-5,10-13,25H,6-9H2,1H3. The van der Waals surface area contributed by atoms with Gasteiger partial charge in [0.2, 0.25) is 0 Å². The molecule has 0 aliphatic carbocycles. The molecule has 1 aliphatic rings. The minimum atomic E-state index is -3.60. The van der Waals surface area contributed by atoms with E-state index in [1.165, 1.54) is 4.31 Å². The molecule has 1 aromatic carbocycles. The van der Waals surface area contributed by atoms with E-state index >= 15 is 0 Å². The summed E-state index contributed by atoms with van der Waals surface area (Å²) in [5.74, 6) is 0. The smallest absolute Gasteiger partial charge is 0.258 e. The Balaban J connectivity index is 1.30. The van der Waals surface area contributed by atoms with Crippen molar-refractivity contribution in [3.8, 4) is 10.4 Å². The molecular formula is C21H20ClN5O2S2. The molecule has 0 bridgehead atoms. The first kappa shape index (κ1) is 20.4. The number of thiazole rings is 1. The minimum Gasteiger partial charge on any atom is -0.345 e. The molecule has 31 heavy (non-hydrogen) atoms. The summed E-state index contributed by atoms with van der Waals surface area (Å²) in [7, 11) is -3.60. The van der Waals surface area contributed by atoms with Crippen LogP contribution in [0.5, 0.6) is 0 Å². The van der Waals surface area contributed by atoms with Gasteiger partial charge in [-0.15, -0.1) is 0 Å². The van der Waals surface area contributed by atoms with Gasteiger partial charge in [-0.25, -0.2) is 13.4 Å². The number of hydrogen-bond donors (Lipinski definition) is 1. The van der Waals surface area contributed by atoms with Gasteiger partial charge in [-0.05, 0) is 48.9 Å². The lowest BCUT2D eigenvalue weighted by Crippen LogP contribution is -2.48. The van der Waals surface area contributed by atoms with E-state index < -0.39 is 10.0 Å². The Bertz CT molecular complexity index is 1360. The number of halogens is 1. The van der Waals surface area contributed by atoms with Crippen LogP contribution in [-0.4, -0.2) is 53.9 Å². The molecule has 0 amide bonds. The Morgan fingerprint density at radius 1 is 1.06 bits per heavy atom. The van der Waals surface area contributed by atoms with E-state index in [2.05, 4.69) is 19.9 Å². The van der Waals surface area contributed by atoms with Gasteiger partial charge in [-0.3, -0.25) is 4.98 Å². The number of aromatic nitrogens is 3. The molecule has 10 heteroatoms. The van der Waals surface area contributed by atoms with Crippen LogP contribution in [0.2, 0.25) is 5.02 Å². The summed E-state index contributed by atoms with van der Waals surface area (Å²) in [6.45, 7) is 3.96. The number of rotatable bonds is 4. The molecule has 1 N–H and O–H groups in total. The van der Waals surface area contributed by atoms with E-state index in [-0.39, 0.29) is 5.03 Å². The second kappa shape index (κ2) is 7.90. The summed E-state index contributed by atoms with van der Waals surface area (Å²) < 4.78 is 27.8. The van der Waals surface area contributed by atoms with Gasteiger partial charge in [0, 0.05) is 60.2 Å². The first-order valence-electron chi connectivity index (χ1n) is 9.82. The quantitative estimate of drug-likeness (QED) is 0.481. The van der Waals surface area contributed by atoms with Crippen molar-refractivity contribution in [3.05, 3.63) is 59.5 Å². The van der Waals surface area contributed by atoms with Gasteiger partial charge >= 0.3 is 0 Å². The minimum absolute atomic E-state index is 0.197. The lowest BCUT2D eigenvalue weighted by molar-refractivity contribution is 0.383. The Morgan fingerprint density at radius 3 is 2.65 bits per heavy atom. The fourth-order valence-corrected chi connectivity index (χ4v) is 6.30. The Morgan fingerprint density at radius 2 is 1.87 bits per heavy atom. The van der Waals surface area contributed by atoms with Crippen molar-refractivity contribution in [2.24, 2.45) is 0 Å². The van der Waals surface area contributed by atoms with E-state index in [1.807, 2.05) is 25.3 Å². The number of aryl methyl sites for hydroxylation is 1. The molecule has 1 aliphatic heterocycles. The van der Waals surface area contributed by atoms with Crippen molar-refractivity contribution >= 4 is 49.0 Å². The maximum absolute atomic E-state index is 13.1. The molecule has 0 saturated carbocycles. The number of sulfonamides is 1. The maximum atomic E-state index is 13.1. The second-order valence-electron chi connectivity index (χ2n) is 7.45. The molecule has 3 aromatic heterocycles. The summed E-state index contributed by atoms with van der Waals surface area (Å²) in [6, 6.07) is 10.9. The van der Waals surface area contributed by atoms with E-state index in [0.29, 0.717) is 31.2 Å². The monoisotopic (exact) mass is 473 g/mol. The van der Waals surface area contributed by atoms with Gasteiger partial charge in [0.05, 0.1) is 4.88 Å². The number of fused-ring (bicyclic) bond motifs is 1. The normalized spacial score (nSPS) is 15.6. The summed E-state index contributed by atoms with van der Waals surface area (Å²) in [6.07, 6.45) is 3.67. The van der Waals surface area contributed by atoms with Gasteiger partial charge in [-0.2, -0.15) is 4.31 Å². The first-order chi connectivity index (χ1) is 14.9. The first-order valence-corrected chi connectivity index (χ1v) is 12.5. The second-order valence-corrected chi connectivity index (χ2v) is 10.8. The van der Waals surface area contributed by atoms with Gasteiger partial charge < -0.3 is 9.88 Å². The van der Waals surface area contributed by atoms with Crippen molar-refractivity contribution in [1.29, 1.82) is 0 Å². The predicted octanol–water partition coefficient (Wildman–Crippen LogP) is 4.16. The summed E-state index contributed by atoms with van der Waals surface area (Å²) in [5.41, 5.74) is 2.81. The SMILES string of the molecule is Cc1cc(-c2cnc(N3CCN(S(=O)(=O)c4cc5cc(Cl)ccc5[nH]4)CC3)s2)ccn1. The van der Waals surface area contributed by atoms with Gasteiger partial charge in [0.25, 0.3) is 10.0 Å². The molecular weight excluding hydrogens is 454 g/mol. The van der Waals surface area contributed by atoms with Gasteiger partial charge in [-0.1, -0.05) is 22.9 Å².